The molecule has 0 radical (unpaired) electrons. The van der Waals surface area contributed by atoms with Gasteiger partial charge >= 0.3 is 0 Å². The summed E-state index contributed by atoms with van der Waals surface area (Å²) in [6, 6.07) is 4.82. The number of rotatable bonds is 4. The molecule has 0 saturated heterocycles. The number of aromatic nitrogens is 1. The second-order valence-electron chi connectivity index (χ2n) is 4.04. The van der Waals surface area contributed by atoms with Crippen molar-refractivity contribution in [1.82, 2.24) is 5.16 Å². The van der Waals surface area contributed by atoms with Crippen LogP contribution in [0, 0.1) is 0 Å². The average Bonchev–Trinajstić information content (AvgIpc) is 3.19. The minimum absolute atomic E-state index is 0.0216. The first-order valence-corrected chi connectivity index (χ1v) is 6.78. The van der Waals surface area contributed by atoms with Crippen molar-refractivity contribution in [2.45, 2.75) is 0 Å². The van der Waals surface area contributed by atoms with Gasteiger partial charge in [-0.2, -0.15) is 11.3 Å². The number of furan rings is 1. The van der Waals surface area contributed by atoms with E-state index in [9.17, 15) is 9.59 Å². The van der Waals surface area contributed by atoms with Crippen LogP contribution in [0.25, 0.3) is 11.3 Å². The first kappa shape index (κ1) is 13.1. The van der Waals surface area contributed by atoms with E-state index in [2.05, 4.69) is 10.5 Å². The summed E-state index contributed by atoms with van der Waals surface area (Å²) >= 11 is 1.44. The van der Waals surface area contributed by atoms with E-state index >= 15 is 0 Å². The molecule has 0 aliphatic heterocycles. The predicted molar refractivity (Wildman–Crippen MR) is 75.0 cm³/mol. The number of primary amides is 1. The van der Waals surface area contributed by atoms with E-state index in [1.807, 2.05) is 5.38 Å². The predicted octanol–water partition coefficient (Wildman–Crippen LogP) is 2.35. The second kappa shape index (κ2) is 5.25. The zero-order valence-electron chi connectivity index (χ0n) is 10.5. The molecule has 0 aliphatic rings. The average molecular weight is 303 g/mol. The summed E-state index contributed by atoms with van der Waals surface area (Å²) in [6.45, 7) is 0. The van der Waals surface area contributed by atoms with Crippen LogP contribution >= 0.6 is 11.3 Å². The van der Waals surface area contributed by atoms with Gasteiger partial charge in [0.25, 0.3) is 11.8 Å². The first-order chi connectivity index (χ1) is 10.2. The number of anilines is 1. The number of nitrogens with one attached hydrogen (secondary N) is 1. The molecule has 0 aromatic carbocycles. The molecule has 21 heavy (non-hydrogen) atoms. The van der Waals surface area contributed by atoms with Gasteiger partial charge in [0.15, 0.2) is 5.76 Å². The Kier molecular flexibility index (Phi) is 3.28. The highest BCUT2D eigenvalue weighted by molar-refractivity contribution is 7.08. The molecule has 106 valence electrons. The number of nitrogens with zero attached hydrogens (tertiary/aromatic N) is 1. The Labute approximate surface area is 122 Å². The summed E-state index contributed by atoms with van der Waals surface area (Å²) in [4.78, 5) is 23.5. The van der Waals surface area contributed by atoms with Gasteiger partial charge in [-0.3, -0.25) is 14.9 Å². The zero-order chi connectivity index (χ0) is 14.8. The molecular weight excluding hydrogens is 294 g/mol. The summed E-state index contributed by atoms with van der Waals surface area (Å²) in [5.74, 6) is -1.33. The highest BCUT2D eigenvalue weighted by Gasteiger charge is 2.24. The van der Waals surface area contributed by atoms with Crippen LogP contribution in [0.3, 0.4) is 0 Å². The van der Waals surface area contributed by atoms with Crippen molar-refractivity contribution in [1.29, 1.82) is 0 Å². The van der Waals surface area contributed by atoms with Crippen molar-refractivity contribution in [2.24, 2.45) is 5.73 Å². The molecule has 0 spiro atoms. The van der Waals surface area contributed by atoms with Crippen molar-refractivity contribution in [3.63, 3.8) is 0 Å². The fourth-order valence-electron chi connectivity index (χ4n) is 1.77. The number of thiophene rings is 1. The normalized spacial score (nSPS) is 10.5. The van der Waals surface area contributed by atoms with Crippen LogP contribution in [0.4, 0.5) is 5.88 Å². The summed E-state index contributed by atoms with van der Waals surface area (Å²) in [5, 5.41) is 9.84. The Bertz CT molecular complexity index is 775. The number of hydrogen-bond donors (Lipinski definition) is 2. The molecule has 2 amide bonds. The minimum Gasteiger partial charge on any atom is -0.459 e. The summed E-state index contributed by atoms with van der Waals surface area (Å²) < 4.78 is 9.99. The van der Waals surface area contributed by atoms with Crippen LogP contribution < -0.4 is 11.1 Å². The molecule has 0 unspecified atom stereocenters. The summed E-state index contributed by atoms with van der Waals surface area (Å²) in [5.41, 5.74) is 6.35. The van der Waals surface area contributed by atoms with Gasteiger partial charge in [0.05, 0.1) is 6.26 Å². The SMILES string of the molecule is NC(=O)c1c(-c2ccsc2)noc1NC(=O)c1ccco1. The lowest BCUT2D eigenvalue weighted by Crippen LogP contribution is -2.17. The molecule has 3 aromatic heterocycles. The topological polar surface area (TPSA) is 111 Å². The number of carbonyl (C=O) groups is 2. The lowest BCUT2D eigenvalue weighted by atomic mass is 10.1. The van der Waals surface area contributed by atoms with Gasteiger partial charge in [0.2, 0.25) is 5.88 Å². The molecule has 8 heteroatoms. The van der Waals surface area contributed by atoms with E-state index in [1.54, 1.807) is 17.5 Å². The van der Waals surface area contributed by atoms with Gasteiger partial charge in [0, 0.05) is 10.9 Å². The maximum absolute atomic E-state index is 11.9. The van der Waals surface area contributed by atoms with Crippen LogP contribution in [0.1, 0.15) is 20.9 Å². The Balaban J connectivity index is 1.96. The fraction of sp³-hybridized carbons (Fsp3) is 0. The van der Waals surface area contributed by atoms with E-state index in [-0.39, 0.29) is 17.2 Å². The second-order valence-corrected chi connectivity index (χ2v) is 4.82. The van der Waals surface area contributed by atoms with Crippen LogP contribution in [0.5, 0.6) is 0 Å². The van der Waals surface area contributed by atoms with Crippen molar-refractivity contribution in [3.8, 4) is 11.3 Å². The van der Waals surface area contributed by atoms with Gasteiger partial charge < -0.3 is 14.7 Å². The summed E-state index contributed by atoms with van der Waals surface area (Å²) in [7, 11) is 0. The smallest absolute Gasteiger partial charge is 0.293 e. The number of amides is 2. The third kappa shape index (κ3) is 2.43. The monoisotopic (exact) mass is 303 g/mol. The molecule has 0 aliphatic carbocycles. The van der Waals surface area contributed by atoms with E-state index in [1.165, 1.54) is 23.7 Å². The fourth-order valence-corrected chi connectivity index (χ4v) is 2.41. The van der Waals surface area contributed by atoms with Gasteiger partial charge in [-0.15, -0.1) is 0 Å². The quantitative estimate of drug-likeness (QED) is 0.768. The van der Waals surface area contributed by atoms with E-state index in [0.717, 1.165) is 0 Å². The van der Waals surface area contributed by atoms with Crippen LogP contribution in [-0.2, 0) is 0 Å². The number of nitrogens with two attached hydrogens (primary N) is 1. The van der Waals surface area contributed by atoms with Crippen LogP contribution in [0.15, 0.2) is 44.2 Å². The van der Waals surface area contributed by atoms with Crippen molar-refractivity contribution in [3.05, 3.63) is 46.5 Å². The van der Waals surface area contributed by atoms with Gasteiger partial charge in [-0.25, -0.2) is 0 Å². The molecule has 3 aromatic rings. The number of carbonyl (C=O) groups excluding carboxylic acids is 2. The molecule has 7 nitrogen and oxygen atoms in total. The van der Waals surface area contributed by atoms with E-state index in [4.69, 9.17) is 14.7 Å². The van der Waals surface area contributed by atoms with Crippen LogP contribution in [0.2, 0.25) is 0 Å². The van der Waals surface area contributed by atoms with Crippen molar-refractivity contribution < 1.29 is 18.5 Å². The standard InChI is InChI=1S/C13H9N3O4S/c14-11(17)9-10(7-3-5-21-6-7)16-20-13(9)15-12(18)8-2-1-4-19-8/h1-6H,(H2,14,17)(H,15,18). The maximum Gasteiger partial charge on any atom is 0.293 e. The third-order valence-electron chi connectivity index (χ3n) is 2.71. The minimum atomic E-state index is -0.743. The molecule has 3 heterocycles. The molecular formula is C13H9N3O4S. The molecule has 0 saturated carbocycles. The third-order valence-corrected chi connectivity index (χ3v) is 3.39. The lowest BCUT2D eigenvalue weighted by molar-refractivity contribution is 0.0993. The molecule has 3 rings (SSSR count). The van der Waals surface area contributed by atoms with Gasteiger partial charge in [-0.1, -0.05) is 5.16 Å². The maximum atomic E-state index is 11.9. The molecule has 0 fully saturated rings. The zero-order valence-corrected chi connectivity index (χ0v) is 11.3. The van der Waals surface area contributed by atoms with Crippen molar-refractivity contribution in [2.75, 3.05) is 5.32 Å². The largest absolute Gasteiger partial charge is 0.459 e. The Morgan fingerprint density at radius 1 is 1.33 bits per heavy atom. The molecule has 3 N–H and O–H groups in total. The molecule has 0 bridgehead atoms. The summed E-state index contributed by atoms with van der Waals surface area (Å²) in [6.07, 6.45) is 1.36. The molecule has 0 atom stereocenters. The van der Waals surface area contributed by atoms with Crippen LogP contribution in [-0.4, -0.2) is 17.0 Å². The van der Waals surface area contributed by atoms with E-state index < -0.39 is 11.8 Å². The van der Waals surface area contributed by atoms with Crippen molar-refractivity contribution >= 4 is 29.0 Å². The highest BCUT2D eigenvalue weighted by atomic mass is 32.1. The van der Waals surface area contributed by atoms with Gasteiger partial charge in [-0.05, 0) is 23.6 Å². The highest BCUT2D eigenvalue weighted by Crippen LogP contribution is 2.30. The van der Waals surface area contributed by atoms with Gasteiger partial charge in [0.1, 0.15) is 11.3 Å². The van der Waals surface area contributed by atoms with E-state index in [0.29, 0.717) is 11.3 Å². The lowest BCUT2D eigenvalue weighted by Gasteiger charge is -2.00. The Hall–Kier alpha value is -2.87. The Morgan fingerprint density at radius 3 is 2.81 bits per heavy atom. The number of hydrogen-bond acceptors (Lipinski definition) is 6. The first-order valence-electron chi connectivity index (χ1n) is 5.83. The Morgan fingerprint density at radius 2 is 2.19 bits per heavy atom.